The highest BCUT2D eigenvalue weighted by atomic mass is 35.5. The van der Waals surface area contributed by atoms with Crippen LogP contribution < -0.4 is 0 Å². The second kappa shape index (κ2) is 6.90. The average molecular weight is 378 g/mol. The number of benzene rings is 2. The van der Waals surface area contributed by atoms with Crippen LogP contribution in [0, 0.1) is 0 Å². The largest absolute Gasteiger partial charge is 0.421 e. The van der Waals surface area contributed by atoms with Gasteiger partial charge in [0.25, 0.3) is 10.0 Å². The number of esters is 1. The normalized spacial score (nSPS) is 15.3. The molecule has 2 aromatic rings. The minimum atomic E-state index is -3.65. The van der Waals surface area contributed by atoms with Crippen molar-refractivity contribution in [3.8, 4) is 0 Å². The van der Waals surface area contributed by atoms with Crippen LogP contribution in [0.15, 0.2) is 59.6 Å². The molecule has 25 heavy (non-hydrogen) atoms. The van der Waals surface area contributed by atoms with E-state index in [0.717, 1.165) is 0 Å². The van der Waals surface area contributed by atoms with E-state index >= 15 is 0 Å². The number of ether oxygens (including phenoxy) is 1. The molecule has 1 heterocycles. The summed E-state index contributed by atoms with van der Waals surface area (Å²) in [5.74, 6) is -0.453. The first kappa shape index (κ1) is 17.5. The molecule has 0 saturated heterocycles. The lowest BCUT2D eigenvalue weighted by molar-refractivity contribution is 0.0689. The molecule has 0 atom stereocenters. The molecular formula is C18H16ClNO4S. The first-order valence-corrected chi connectivity index (χ1v) is 9.56. The summed E-state index contributed by atoms with van der Waals surface area (Å²) in [6.45, 7) is 2.17. The maximum Gasteiger partial charge on any atom is 0.345 e. The van der Waals surface area contributed by atoms with Crippen molar-refractivity contribution in [3.63, 3.8) is 0 Å². The molecule has 3 rings (SSSR count). The molecule has 1 aliphatic heterocycles. The third-order valence-electron chi connectivity index (χ3n) is 3.74. The highest BCUT2D eigenvalue weighted by molar-refractivity contribution is 7.89. The molecule has 7 heteroatoms. The van der Waals surface area contributed by atoms with Crippen LogP contribution in [0.2, 0.25) is 5.02 Å². The molecule has 0 bridgehead atoms. The topological polar surface area (TPSA) is 63.7 Å². The fraction of sp³-hybridized carbons (Fsp3) is 0.167. The van der Waals surface area contributed by atoms with Crippen LogP contribution in [0.4, 0.5) is 0 Å². The van der Waals surface area contributed by atoms with E-state index in [1.807, 2.05) is 6.92 Å². The fourth-order valence-corrected chi connectivity index (χ4v) is 4.38. The fourth-order valence-electron chi connectivity index (χ4n) is 2.56. The minimum Gasteiger partial charge on any atom is -0.421 e. The van der Waals surface area contributed by atoms with Gasteiger partial charge in [0.1, 0.15) is 0 Å². The number of rotatable bonds is 4. The van der Waals surface area contributed by atoms with Crippen LogP contribution in [0.1, 0.15) is 29.3 Å². The molecule has 130 valence electrons. The summed E-state index contributed by atoms with van der Waals surface area (Å²) in [6, 6.07) is 13.0. The van der Waals surface area contributed by atoms with Gasteiger partial charge in [-0.1, -0.05) is 42.8 Å². The van der Waals surface area contributed by atoms with Gasteiger partial charge in [0, 0.05) is 12.1 Å². The number of hydrogen-bond donors (Lipinski definition) is 0. The molecule has 0 radical (unpaired) electrons. The van der Waals surface area contributed by atoms with Crippen molar-refractivity contribution in [2.24, 2.45) is 0 Å². The summed E-state index contributed by atoms with van der Waals surface area (Å²) in [5.41, 5.74) is 0.577. The van der Waals surface area contributed by atoms with Gasteiger partial charge in [-0.3, -0.25) is 4.31 Å². The maximum atomic E-state index is 12.7. The lowest BCUT2D eigenvalue weighted by Gasteiger charge is -2.27. The Kier molecular flexibility index (Phi) is 4.83. The highest BCUT2D eigenvalue weighted by Crippen LogP contribution is 2.33. The highest BCUT2D eigenvalue weighted by Gasteiger charge is 2.32. The summed E-state index contributed by atoms with van der Waals surface area (Å²) in [4.78, 5) is 12.6. The number of fused-ring (bicyclic) bond motifs is 1. The van der Waals surface area contributed by atoms with Crippen molar-refractivity contribution < 1.29 is 17.9 Å². The zero-order chi connectivity index (χ0) is 18.0. The predicted molar refractivity (Wildman–Crippen MR) is 95.5 cm³/mol. The number of carbonyl (C=O) groups is 1. The van der Waals surface area contributed by atoms with Gasteiger partial charge in [0.05, 0.1) is 21.7 Å². The number of nitrogens with zero attached hydrogens (tertiary/aromatic N) is 1. The van der Waals surface area contributed by atoms with Crippen molar-refractivity contribution in [1.82, 2.24) is 4.31 Å². The van der Waals surface area contributed by atoms with E-state index in [2.05, 4.69) is 0 Å². The maximum absolute atomic E-state index is 12.7. The van der Waals surface area contributed by atoms with Gasteiger partial charge in [0.15, 0.2) is 5.76 Å². The molecule has 5 nitrogen and oxygen atoms in total. The summed E-state index contributed by atoms with van der Waals surface area (Å²) < 4.78 is 32.0. The van der Waals surface area contributed by atoms with Crippen molar-refractivity contribution >= 4 is 33.4 Å². The van der Waals surface area contributed by atoms with Gasteiger partial charge in [-0.05, 0) is 30.7 Å². The molecule has 1 aliphatic rings. The molecule has 0 fully saturated rings. The SMILES string of the molecule is CCCN1C=C(OC(=O)c2ccccc2Cl)c2ccccc2S1(=O)=O. The zero-order valence-corrected chi connectivity index (χ0v) is 15.0. The second-order valence-corrected chi connectivity index (χ2v) is 7.74. The van der Waals surface area contributed by atoms with E-state index in [0.29, 0.717) is 18.5 Å². The number of halogens is 1. The zero-order valence-electron chi connectivity index (χ0n) is 13.5. The van der Waals surface area contributed by atoms with Crippen LogP contribution >= 0.6 is 11.6 Å². The van der Waals surface area contributed by atoms with Crippen molar-refractivity contribution in [2.75, 3.05) is 6.54 Å². The van der Waals surface area contributed by atoms with Gasteiger partial charge >= 0.3 is 5.97 Å². The standard InChI is InChI=1S/C18H16ClNO4S/c1-2-11-20-12-16(14-8-4-6-10-17(14)25(20,22)23)24-18(21)13-7-3-5-9-15(13)19/h3-10,12H,2,11H2,1H3. The van der Waals surface area contributed by atoms with Crippen LogP contribution in [-0.4, -0.2) is 25.2 Å². The van der Waals surface area contributed by atoms with Gasteiger partial charge in [-0.2, -0.15) is 0 Å². The Balaban J connectivity index is 2.02. The van der Waals surface area contributed by atoms with Crippen LogP contribution in [-0.2, 0) is 14.8 Å². The van der Waals surface area contributed by atoms with Crippen LogP contribution in [0.3, 0.4) is 0 Å². The summed E-state index contributed by atoms with van der Waals surface area (Å²) >= 11 is 6.03. The monoisotopic (exact) mass is 377 g/mol. The second-order valence-electron chi connectivity index (χ2n) is 5.47. The Labute approximate surface area is 151 Å². The molecular weight excluding hydrogens is 362 g/mol. The number of hydrogen-bond acceptors (Lipinski definition) is 4. The molecule has 0 amide bonds. The van der Waals surface area contributed by atoms with Crippen molar-refractivity contribution in [3.05, 3.63) is 70.9 Å². The third kappa shape index (κ3) is 3.27. The van der Waals surface area contributed by atoms with Crippen LogP contribution in [0.25, 0.3) is 5.76 Å². The predicted octanol–water partition coefficient (Wildman–Crippen LogP) is 3.91. The van der Waals surface area contributed by atoms with Crippen molar-refractivity contribution in [2.45, 2.75) is 18.2 Å². The summed E-state index contributed by atoms with van der Waals surface area (Å²) in [6.07, 6.45) is 1.99. The van der Waals surface area contributed by atoms with E-state index in [9.17, 15) is 13.2 Å². The summed E-state index contributed by atoms with van der Waals surface area (Å²) in [7, 11) is -3.65. The molecule has 0 saturated carbocycles. The van der Waals surface area contributed by atoms with Gasteiger partial charge in [-0.15, -0.1) is 0 Å². The van der Waals surface area contributed by atoms with Crippen LogP contribution in [0.5, 0.6) is 0 Å². The quantitative estimate of drug-likeness (QED) is 0.758. The molecule has 0 spiro atoms. The lowest BCUT2D eigenvalue weighted by atomic mass is 10.2. The van der Waals surface area contributed by atoms with Gasteiger partial charge in [-0.25, -0.2) is 13.2 Å². The van der Waals surface area contributed by atoms with Crippen molar-refractivity contribution in [1.29, 1.82) is 0 Å². The van der Waals surface area contributed by atoms with Gasteiger partial charge in [0.2, 0.25) is 0 Å². The summed E-state index contributed by atoms with van der Waals surface area (Å²) in [5, 5.41) is 0.273. The minimum absolute atomic E-state index is 0.118. The molecule has 0 unspecified atom stereocenters. The molecule has 0 aromatic heterocycles. The van der Waals surface area contributed by atoms with E-state index in [1.54, 1.807) is 42.5 Å². The first-order valence-electron chi connectivity index (χ1n) is 7.75. The van der Waals surface area contributed by atoms with Gasteiger partial charge < -0.3 is 4.74 Å². The smallest absolute Gasteiger partial charge is 0.345 e. The number of sulfonamides is 1. The number of carbonyl (C=O) groups excluding carboxylic acids is 1. The van der Waals surface area contributed by atoms with E-state index in [-0.39, 0.29) is 21.2 Å². The Bertz CT molecular complexity index is 953. The molecule has 0 aliphatic carbocycles. The van der Waals surface area contributed by atoms with E-state index in [1.165, 1.54) is 16.6 Å². The first-order chi connectivity index (χ1) is 11.9. The lowest BCUT2D eigenvalue weighted by Crippen LogP contribution is -2.31. The molecule has 0 N–H and O–H groups in total. The third-order valence-corrected chi connectivity index (χ3v) is 5.89. The Morgan fingerprint density at radius 2 is 1.80 bits per heavy atom. The Morgan fingerprint density at radius 3 is 2.52 bits per heavy atom. The average Bonchev–Trinajstić information content (AvgIpc) is 2.60. The molecule has 2 aromatic carbocycles. The Hall–Kier alpha value is -2.31. The van der Waals surface area contributed by atoms with E-state index in [4.69, 9.17) is 16.3 Å². The Morgan fingerprint density at radius 1 is 1.12 bits per heavy atom. The van der Waals surface area contributed by atoms with E-state index < -0.39 is 16.0 Å².